The van der Waals surface area contributed by atoms with Gasteiger partial charge >= 0.3 is 5.97 Å². The molecule has 1 unspecified atom stereocenters. The smallest absolute Gasteiger partial charge is 0.310 e. The number of methoxy groups -OCH3 is 1. The van der Waals surface area contributed by atoms with Crippen LogP contribution in [0, 0.1) is 11.8 Å². The van der Waals surface area contributed by atoms with E-state index in [4.69, 9.17) is 4.74 Å². The first-order valence-electron chi connectivity index (χ1n) is 7.27. The van der Waals surface area contributed by atoms with Crippen molar-refractivity contribution in [2.75, 3.05) is 40.5 Å². The Kier molecular flexibility index (Phi) is 11.7. The van der Waals surface area contributed by atoms with Gasteiger partial charge in [-0.15, -0.1) is 24.0 Å². The third-order valence-corrected chi connectivity index (χ3v) is 3.21. The number of guanidine groups is 1. The molecule has 1 saturated carbocycles. The minimum atomic E-state index is -0.221. The Hall–Kier alpha value is -0.570. The molecule has 0 spiro atoms. The lowest BCUT2D eigenvalue weighted by atomic mass is 10.2. The van der Waals surface area contributed by atoms with E-state index in [1.54, 1.807) is 7.05 Å². The summed E-state index contributed by atoms with van der Waals surface area (Å²) in [7, 11) is 3.11. The largest absolute Gasteiger partial charge is 0.469 e. The van der Waals surface area contributed by atoms with E-state index in [-0.39, 0.29) is 35.9 Å². The lowest BCUT2D eigenvalue weighted by molar-refractivity contribution is -0.144. The van der Waals surface area contributed by atoms with Gasteiger partial charge in [0.05, 0.1) is 13.0 Å². The van der Waals surface area contributed by atoms with Crippen molar-refractivity contribution in [1.82, 2.24) is 10.6 Å². The van der Waals surface area contributed by atoms with E-state index in [0.717, 1.165) is 32.1 Å². The van der Waals surface area contributed by atoms with Crippen LogP contribution < -0.4 is 10.6 Å². The van der Waals surface area contributed by atoms with Crippen LogP contribution in [0.15, 0.2) is 4.99 Å². The zero-order valence-electron chi connectivity index (χ0n) is 13.2. The second kappa shape index (κ2) is 12.0. The Morgan fingerprint density at radius 1 is 1.38 bits per heavy atom. The number of carbonyl (C=O) groups excluding carboxylic acids is 1. The molecule has 0 heterocycles. The van der Waals surface area contributed by atoms with Gasteiger partial charge in [-0.1, -0.05) is 6.92 Å². The summed E-state index contributed by atoms with van der Waals surface area (Å²) in [5.74, 6) is 1.10. The molecule has 0 bridgehead atoms. The van der Waals surface area contributed by atoms with Gasteiger partial charge in [0.25, 0.3) is 0 Å². The second-order valence-electron chi connectivity index (χ2n) is 5.18. The van der Waals surface area contributed by atoms with E-state index in [0.29, 0.717) is 12.5 Å². The van der Waals surface area contributed by atoms with E-state index in [1.165, 1.54) is 20.0 Å². The highest BCUT2D eigenvalue weighted by atomic mass is 127. The highest BCUT2D eigenvalue weighted by molar-refractivity contribution is 14.0. The van der Waals surface area contributed by atoms with E-state index < -0.39 is 0 Å². The van der Waals surface area contributed by atoms with Crippen LogP contribution in [-0.4, -0.2) is 52.4 Å². The molecule has 1 aliphatic carbocycles. The number of ether oxygens (including phenoxy) is 2. The number of halogens is 1. The molecule has 1 rings (SSSR count). The topological polar surface area (TPSA) is 72.0 Å². The van der Waals surface area contributed by atoms with Gasteiger partial charge in [-0.05, 0) is 25.2 Å². The fraction of sp³-hybridized carbons (Fsp3) is 0.857. The van der Waals surface area contributed by atoms with Crippen LogP contribution in [0.2, 0.25) is 0 Å². The average molecular weight is 413 g/mol. The molecule has 0 amide bonds. The van der Waals surface area contributed by atoms with Crippen molar-refractivity contribution in [2.24, 2.45) is 16.8 Å². The zero-order chi connectivity index (χ0) is 14.8. The van der Waals surface area contributed by atoms with Gasteiger partial charge in [-0.3, -0.25) is 9.79 Å². The summed E-state index contributed by atoms with van der Waals surface area (Å²) in [5.41, 5.74) is 0. The molecule has 6 nitrogen and oxygen atoms in total. The standard InChI is InChI=1S/C14H27N3O3.HI/c1-11(13(18)19-3)9-17-14(15-2)16-7-4-8-20-10-12-5-6-12;/h11-12H,4-10H2,1-3H3,(H2,15,16,17);1H. The number of aliphatic imine (C=N–C) groups is 1. The first-order valence-corrected chi connectivity index (χ1v) is 7.27. The molecule has 0 aliphatic heterocycles. The molecule has 124 valence electrons. The van der Waals surface area contributed by atoms with E-state index in [2.05, 4.69) is 20.4 Å². The summed E-state index contributed by atoms with van der Waals surface area (Å²) in [6, 6.07) is 0. The van der Waals surface area contributed by atoms with Gasteiger partial charge in [0.2, 0.25) is 0 Å². The SMILES string of the molecule is CN=C(NCCCOCC1CC1)NCC(C)C(=O)OC.I. The normalized spacial score (nSPS) is 15.9. The molecular weight excluding hydrogens is 385 g/mol. The Balaban J connectivity index is 0.00000400. The monoisotopic (exact) mass is 413 g/mol. The third-order valence-electron chi connectivity index (χ3n) is 3.21. The van der Waals surface area contributed by atoms with Gasteiger partial charge in [0, 0.05) is 33.4 Å². The predicted octanol–water partition coefficient (Wildman–Crippen LogP) is 1.40. The van der Waals surface area contributed by atoms with E-state index in [1.807, 2.05) is 6.92 Å². The number of rotatable bonds is 9. The first-order chi connectivity index (χ1) is 9.67. The van der Waals surface area contributed by atoms with Crippen LogP contribution in [0.25, 0.3) is 0 Å². The summed E-state index contributed by atoms with van der Waals surface area (Å²) < 4.78 is 10.2. The molecule has 0 aromatic rings. The van der Waals surface area contributed by atoms with E-state index >= 15 is 0 Å². The maximum atomic E-state index is 11.3. The fourth-order valence-electron chi connectivity index (χ4n) is 1.67. The number of carbonyl (C=O) groups is 1. The van der Waals surface area contributed by atoms with Crippen LogP contribution in [0.4, 0.5) is 0 Å². The van der Waals surface area contributed by atoms with Crippen molar-refractivity contribution in [3.8, 4) is 0 Å². The summed E-state index contributed by atoms with van der Waals surface area (Å²) in [6.07, 6.45) is 3.60. The molecule has 7 heteroatoms. The Morgan fingerprint density at radius 3 is 2.67 bits per heavy atom. The van der Waals surface area contributed by atoms with Crippen molar-refractivity contribution in [3.05, 3.63) is 0 Å². The van der Waals surface area contributed by atoms with Crippen LogP contribution >= 0.6 is 24.0 Å². The number of esters is 1. The average Bonchev–Trinajstić information content (AvgIpc) is 3.28. The molecule has 0 aromatic heterocycles. The van der Waals surface area contributed by atoms with Crippen molar-refractivity contribution in [1.29, 1.82) is 0 Å². The van der Waals surface area contributed by atoms with E-state index in [9.17, 15) is 4.79 Å². The lowest BCUT2D eigenvalue weighted by Crippen LogP contribution is -2.41. The number of hydrogen-bond acceptors (Lipinski definition) is 4. The van der Waals surface area contributed by atoms with Gasteiger partial charge in [0.15, 0.2) is 5.96 Å². The van der Waals surface area contributed by atoms with Crippen LogP contribution in [-0.2, 0) is 14.3 Å². The lowest BCUT2D eigenvalue weighted by Gasteiger charge is -2.14. The summed E-state index contributed by atoms with van der Waals surface area (Å²) in [6.45, 7) is 4.81. The summed E-state index contributed by atoms with van der Waals surface area (Å²) >= 11 is 0. The van der Waals surface area contributed by atoms with Gasteiger partial charge in [-0.2, -0.15) is 0 Å². The minimum Gasteiger partial charge on any atom is -0.469 e. The Labute approximate surface area is 144 Å². The maximum Gasteiger partial charge on any atom is 0.310 e. The molecule has 1 aliphatic rings. The number of nitrogens with zero attached hydrogens (tertiary/aromatic N) is 1. The number of nitrogens with one attached hydrogen (secondary N) is 2. The molecule has 0 saturated heterocycles. The van der Waals surface area contributed by atoms with Crippen molar-refractivity contribution in [3.63, 3.8) is 0 Å². The number of hydrogen-bond donors (Lipinski definition) is 2. The van der Waals surface area contributed by atoms with Crippen LogP contribution in [0.5, 0.6) is 0 Å². The van der Waals surface area contributed by atoms with Crippen molar-refractivity contribution in [2.45, 2.75) is 26.2 Å². The molecule has 0 aromatic carbocycles. The maximum absolute atomic E-state index is 11.3. The quantitative estimate of drug-likeness (QED) is 0.197. The highest BCUT2D eigenvalue weighted by Gasteiger charge is 2.20. The molecule has 1 fully saturated rings. The predicted molar refractivity (Wildman–Crippen MR) is 94.1 cm³/mol. The van der Waals surface area contributed by atoms with Crippen molar-refractivity contribution < 1.29 is 14.3 Å². The first kappa shape index (κ1) is 20.4. The molecule has 2 N–H and O–H groups in total. The third kappa shape index (κ3) is 9.89. The second-order valence-corrected chi connectivity index (χ2v) is 5.18. The van der Waals surface area contributed by atoms with Gasteiger partial charge < -0.3 is 20.1 Å². The molecule has 1 atom stereocenters. The Bertz CT molecular complexity index is 323. The molecular formula is C14H28IN3O3. The fourth-order valence-corrected chi connectivity index (χ4v) is 1.67. The van der Waals surface area contributed by atoms with Crippen molar-refractivity contribution >= 4 is 35.9 Å². The minimum absolute atomic E-state index is 0. The van der Waals surface area contributed by atoms with Crippen LogP contribution in [0.3, 0.4) is 0 Å². The molecule has 0 radical (unpaired) electrons. The zero-order valence-corrected chi connectivity index (χ0v) is 15.5. The Morgan fingerprint density at radius 2 is 2.10 bits per heavy atom. The molecule has 21 heavy (non-hydrogen) atoms. The van der Waals surface area contributed by atoms with Crippen LogP contribution in [0.1, 0.15) is 26.2 Å². The summed E-state index contributed by atoms with van der Waals surface area (Å²) in [5, 5.41) is 6.29. The van der Waals surface area contributed by atoms with Gasteiger partial charge in [0.1, 0.15) is 0 Å². The van der Waals surface area contributed by atoms with Gasteiger partial charge in [-0.25, -0.2) is 0 Å². The highest BCUT2D eigenvalue weighted by Crippen LogP contribution is 2.28. The summed E-state index contributed by atoms with van der Waals surface area (Å²) in [4.78, 5) is 15.4.